The Morgan fingerprint density at radius 2 is 1.62 bits per heavy atom. The molecule has 0 amide bonds. The van der Waals surface area contributed by atoms with Crippen LogP contribution >= 0.6 is 0 Å². The Morgan fingerprint density at radius 3 is 2.00 bits per heavy atom. The van der Waals surface area contributed by atoms with Crippen LogP contribution in [0.25, 0.3) is 0 Å². The summed E-state index contributed by atoms with van der Waals surface area (Å²) in [6.45, 7) is 9.06. The van der Waals surface area contributed by atoms with Gasteiger partial charge in [0.15, 0.2) is 0 Å². The number of nitrogens with two attached hydrogens (primary N) is 1. The third-order valence-corrected chi connectivity index (χ3v) is 3.24. The molecular formula is C12H27N. The van der Waals surface area contributed by atoms with Gasteiger partial charge < -0.3 is 5.73 Å². The highest BCUT2D eigenvalue weighted by Crippen LogP contribution is 2.20. The van der Waals surface area contributed by atoms with Crippen LogP contribution in [0, 0.1) is 11.8 Å². The Balaban J connectivity index is 3.75. The van der Waals surface area contributed by atoms with E-state index in [1.807, 2.05) is 0 Å². The Morgan fingerprint density at radius 1 is 1.08 bits per heavy atom. The second-order valence-corrected chi connectivity index (χ2v) is 4.35. The molecule has 80 valence electrons. The molecule has 0 spiro atoms. The molecule has 0 bridgehead atoms. The molecule has 0 aromatic carbocycles. The first kappa shape index (κ1) is 13.0. The number of rotatable bonds is 7. The van der Waals surface area contributed by atoms with Crippen molar-refractivity contribution in [2.45, 2.75) is 65.8 Å². The predicted molar refractivity (Wildman–Crippen MR) is 60.7 cm³/mol. The molecule has 2 N–H and O–H groups in total. The lowest BCUT2D eigenvalue weighted by atomic mass is 9.87. The minimum absolute atomic E-state index is 0.421. The lowest BCUT2D eigenvalue weighted by molar-refractivity contribution is 0.330. The summed E-state index contributed by atoms with van der Waals surface area (Å²) in [4.78, 5) is 0. The zero-order valence-electron chi connectivity index (χ0n) is 9.84. The number of hydrogen-bond donors (Lipinski definition) is 1. The molecule has 1 heteroatoms. The van der Waals surface area contributed by atoms with Gasteiger partial charge in [-0.2, -0.15) is 0 Å². The normalized spacial score (nSPS) is 16.2. The van der Waals surface area contributed by atoms with Gasteiger partial charge in [-0.15, -0.1) is 0 Å². The standard InChI is InChI=1S/C12H27N/c1-5-8-10(4)12(13)9-11(6-2)7-3/h10-12H,5-9,13H2,1-4H3. The molecule has 0 radical (unpaired) electrons. The van der Waals surface area contributed by atoms with Crippen LogP contribution in [0.4, 0.5) is 0 Å². The van der Waals surface area contributed by atoms with Crippen molar-refractivity contribution >= 4 is 0 Å². The maximum atomic E-state index is 6.16. The molecule has 0 heterocycles. The fourth-order valence-corrected chi connectivity index (χ4v) is 1.91. The van der Waals surface area contributed by atoms with Gasteiger partial charge in [0.25, 0.3) is 0 Å². The maximum absolute atomic E-state index is 6.16. The minimum atomic E-state index is 0.421. The molecule has 0 aliphatic heterocycles. The van der Waals surface area contributed by atoms with E-state index < -0.39 is 0 Å². The van der Waals surface area contributed by atoms with E-state index in [2.05, 4.69) is 27.7 Å². The highest BCUT2D eigenvalue weighted by atomic mass is 14.6. The van der Waals surface area contributed by atoms with Crippen LogP contribution in [0.3, 0.4) is 0 Å². The highest BCUT2D eigenvalue weighted by Gasteiger charge is 2.15. The van der Waals surface area contributed by atoms with Gasteiger partial charge in [0.05, 0.1) is 0 Å². The van der Waals surface area contributed by atoms with E-state index in [0.29, 0.717) is 12.0 Å². The molecule has 1 nitrogen and oxygen atoms in total. The monoisotopic (exact) mass is 185 g/mol. The van der Waals surface area contributed by atoms with E-state index in [0.717, 1.165) is 5.92 Å². The molecule has 0 aromatic rings. The van der Waals surface area contributed by atoms with Crippen molar-refractivity contribution in [2.24, 2.45) is 17.6 Å². The predicted octanol–water partition coefficient (Wildman–Crippen LogP) is 3.58. The fraction of sp³-hybridized carbons (Fsp3) is 1.00. The molecule has 13 heavy (non-hydrogen) atoms. The average Bonchev–Trinajstić information content (AvgIpc) is 2.14. The first-order chi connectivity index (χ1) is 6.15. The molecule has 0 aliphatic rings. The van der Waals surface area contributed by atoms with Crippen molar-refractivity contribution in [3.8, 4) is 0 Å². The van der Waals surface area contributed by atoms with E-state index in [1.165, 1.54) is 32.1 Å². The minimum Gasteiger partial charge on any atom is -0.327 e. The van der Waals surface area contributed by atoms with Gasteiger partial charge in [-0.3, -0.25) is 0 Å². The van der Waals surface area contributed by atoms with Crippen LogP contribution < -0.4 is 5.73 Å². The highest BCUT2D eigenvalue weighted by molar-refractivity contribution is 4.72. The molecule has 0 fully saturated rings. The Hall–Kier alpha value is -0.0400. The van der Waals surface area contributed by atoms with Crippen molar-refractivity contribution in [3.05, 3.63) is 0 Å². The van der Waals surface area contributed by atoms with Crippen molar-refractivity contribution in [3.63, 3.8) is 0 Å². The lowest BCUT2D eigenvalue weighted by Gasteiger charge is -2.23. The van der Waals surface area contributed by atoms with E-state index in [-0.39, 0.29) is 0 Å². The van der Waals surface area contributed by atoms with Gasteiger partial charge in [0, 0.05) is 6.04 Å². The van der Waals surface area contributed by atoms with Gasteiger partial charge in [-0.1, -0.05) is 47.0 Å². The van der Waals surface area contributed by atoms with Gasteiger partial charge in [0.2, 0.25) is 0 Å². The van der Waals surface area contributed by atoms with Crippen LogP contribution in [0.15, 0.2) is 0 Å². The molecule has 2 unspecified atom stereocenters. The molecule has 2 atom stereocenters. The molecule has 0 saturated heterocycles. The SMILES string of the molecule is CCCC(C)C(N)CC(CC)CC. The van der Waals surface area contributed by atoms with Gasteiger partial charge >= 0.3 is 0 Å². The largest absolute Gasteiger partial charge is 0.327 e. The number of hydrogen-bond acceptors (Lipinski definition) is 1. The lowest BCUT2D eigenvalue weighted by Crippen LogP contribution is -2.30. The third-order valence-electron chi connectivity index (χ3n) is 3.24. The smallest absolute Gasteiger partial charge is 0.00671 e. The topological polar surface area (TPSA) is 26.0 Å². The van der Waals surface area contributed by atoms with Crippen molar-refractivity contribution in [2.75, 3.05) is 0 Å². The summed E-state index contributed by atoms with van der Waals surface area (Å²) in [6.07, 6.45) is 6.32. The van der Waals surface area contributed by atoms with E-state index in [1.54, 1.807) is 0 Å². The van der Waals surface area contributed by atoms with Crippen molar-refractivity contribution < 1.29 is 0 Å². The van der Waals surface area contributed by atoms with Crippen LogP contribution in [-0.2, 0) is 0 Å². The van der Waals surface area contributed by atoms with Crippen LogP contribution in [0.2, 0.25) is 0 Å². The maximum Gasteiger partial charge on any atom is 0.00671 e. The second-order valence-electron chi connectivity index (χ2n) is 4.35. The first-order valence-electron chi connectivity index (χ1n) is 5.91. The zero-order valence-corrected chi connectivity index (χ0v) is 9.84. The summed E-state index contributed by atoms with van der Waals surface area (Å²) >= 11 is 0. The van der Waals surface area contributed by atoms with Crippen molar-refractivity contribution in [1.82, 2.24) is 0 Å². The summed E-state index contributed by atoms with van der Waals surface area (Å²) < 4.78 is 0. The Kier molecular flexibility index (Phi) is 7.35. The molecule has 0 saturated carbocycles. The van der Waals surface area contributed by atoms with Crippen molar-refractivity contribution in [1.29, 1.82) is 0 Å². The molecular weight excluding hydrogens is 158 g/mol. The van der Waals surface area contributed by atoms with Gasteiger partial charge in [-0.25, -0.2) is 0 Å². The summed E-state index contributed by atoms with van der Waals surface area (Å²) in [5.41, 5.74) is 6.16. The molecule has 0 aliphatic carbocycles. The second kappa shape index (κ2) is 7.37. The Labute approximate surface area is 84.1 Å². The quantitative estimate of drug-likeness (QED) is 0.644. The van der Waals surface area contributed by atoms with Gasteiger partial charge in [-0.05, 0) is 24.7 Å². The molecule has 0 rings (SSSR count). The third kappa shape index (κ3) is 5.30. The fourth-order valence-electron chi connectivity index (χ4n) is 1.91. The summed E-state index contributed by atoms with van der Waals surface area (Å²) in [5, 5.41) is 0. The van der Waals surface area contributed by atoms with E-state index in [9.17, 15) is 0 Å². The van der Waals surface area contributed by atoms with E-state index >= 15 is 0 Å². The first-order valence-corrected chi connectivity index (χ1v) is 5.91. The van der Waals surface area contributed by atoms with Crippen LogP contribution in [0.1, 0.15) is 59.8 Å². The summed E-state index contributed by atoms with van der Waals surface area (Å²) in [7, 11) is 0. The average molecular weight is 185 g/mol. The van der Waals surface area contributed by atoms with Crippen LogP contribution in [0.5, 0.6) is 0 Å². The Bertz CT molecular complexity index is 108. The summed E-state index contributed by atoms with van der Waals surface area (Å²) in [5.74, 6) is 1.54. The molecule has 0 aromatic heterocycles. The zero-order chi connectivity index (χ0) is 10.3. The van der Waals surface area contributed by atoms with E-state index in [4.69, 9.17) is 5.73 Å². The summed E-state index contributed by atoms with van der Waals surface area (Å²) in [6, 6.07) is 0.421. The van der Waals surface area contributed by atoms with Gasteiger partial charge in [0.1, 0.15) is 0 Å². The van der Waals surface area contributed by atoms with Crippen LogP contribution in [-0.4, -0.2) is 6.04 Å².